The molecule has 3 aromatic rings. The lowest BCUT2D eigenvalue weighted by molar-refractivity contribution is 0.639. The molecule has 0 bridgehead atoms. The number of rotatable bonds is 2. The van der Waals surface area contributed by atoms with E-state index in [0.29, 0.717) is 0 Å². The maximum Gasteiger partial charge on any atom is 0.178 e. The van der Waals surface area contributed by atoms with Crippen molar-refractivity contribution in [2.75, 3.05) is 36.0 Å². The van der Waals surface area contributed by atoms with Gasteiger partial charge in [-0.15, -0.1) is 15.3 Å². The summed E-state index contributed by atoms with van der Waals surface area (Å²) in [6.07, 6.45) is 0. The van der Waals surface area contributed by atoms with Crippen LogP contribution >= 0.6 is 0 Å². The molecule has 1 saturated heterocycles. The molecule has 0 amide bonds. The first-order valence-electron chi connectivity index (χ1n) is 8.38. The number of piperazine rings is 1. The van der Waals surface area contributed by atoms with Gasteiger partial charge >= 0.3 is 0 Å². The molecule has 1 aromatic carbocycles. The first-order chi connectivity index (χ1) is 11.6. The van der Waals surface area contributed by atoms with E-state index in [9.17, 15) is 0 Å². The standard InChI is InChI=1S/C18H22N6/c1-13-4-5-14(2)16(12-13)22-8-10-23(11-9-22)18-7-6-17-20-19-15(3)24(17)21-18/h4-7,12H,8-11H2,1-3H3. The Bertz CT molecular complexity index is 876. The average Bonchev–Trinajstić information content (AvgIpc) is 2.98. The van der Waals surface area contributed by atoms with Crippen LogP contribution in [0.1, 0.15) is 17.0 Å². The quantitative estimate of drug-likeness (QED) is 0.725. The van der Waals surface area contributed by atoms with Crippen LogP contribution in [0.2, 0.25) is 0 Å². The van der Waals surface area contributed by atoms with Gasteiger partial charge in [-0.25, -0.2) is 0 Å². The predicted octanol–water partition coefficient (Wildman–Crippen LogP) is 2.38. The number of benzene rings is 1. The van der Waals surface area contributed by atoms with Crippen LogP contribution in [0.4, 0.5) is 11.5 Å². The summed E-state index contributed by atoms with van der Waals surface area (Å²) in [5, 5.41) is 12.9. The van der Waals surface area contributed by atoms with Gasteiger partial charge < -0.3 is 9.80 Å². The summed E-state index contributed by atoms with van der Waals surface area (Å²) in [5.74, 6) is 1.81. The van der Waals surface area contributed by atoms with Crippen LogP contribution in [0.5, 0.6) is 0 Å². The van der Waals surface area contributed by atoms with Gasteiger partial charge in [0.2, 0.25) is 0 Å². The largest absolute Gasteiger partial charge is 0.368 e. The molecule has 0 saturated carbocycles. The summed E-state index contributed by atoms with van der Waals surface area (Å²) >= 11 is 0. The lowest BCUT2D eigenvalue weighted by atomic mass is 10.1. The minimum atomic E-state index is 0.797. The van der Waals surface area contributed by atoms with Crippen LogP contribution in [-0.2, 0) is 0 Å². The van der Waals surface area contributed by atoms with Gasteiger partial charge in [0, 0.05) is 31.9 Å². The minimum Gasteiger partial charge on any atom is -0.368 e. The van der Waals surface area contributed by atoms with Crippen LogP contribution in [-0.4, -0.2) is 46.0 Å². The molecule has 1 aliphatic heterocycles. The summed E-state index contributed by atoms with van der Waals surface area (Å²) in [6.45, 7) is 10.2. The molecule has 0 aliphatic carbocycles. The van der Waals surface area contributed by atoms with Gasteiger partial charge in [0.15, 0.2) is 11.5 Å². The molecule has 0 atom stereocenters. The number of fused-ring (bicyclic) bond motifs is 1. The summed E-state index contributed by atoms with van der Waals surface area (Å²) in [6, 6.07) is 10.7. The van der Waals surface area contributed by atoms with E-state index in [1.807, 2.05) is 23.6 Å². The monoisotopic (exact) mass is 322 g/mol. The van der Waals surface area contributed by atoms with Crippen molar-refractivity contribution < 1.29 is 0 Å². The molecule has 3 heterocycles. The maximum atomic E-state index is 4.69. The first kappa shape index (κ1) is 14.9. The molecule has 1 aliphatic rings. The molecule has 2 aromatic heterocycles. The van der Waals surface area contributed by atoms with E-state index in [1.54, 1.807) is 0 Å². The molecular formula is C18H22N6. The van der Waals surface area contributed by atoms with Gasteiger partial charge in [0.1, 0.15) is 5.82 Å². The second-order valence-electron chi connectivity index (χ2n) is 6.47. The minimum absolute atomic E-state index is 0.797. The normalized spacial score (nSPS) is 15.3. The van der Waals surface area contributed by atoms with Gasteiger partial charge in [0.25, 0.3) is 0 Å². The highest BCUT2D eigenvalue weighted by Gasteiger charge is 2.20. The summed E-state index contributed by atoms with van der Waals surface area (Å²) in [4.78, 5) is 4.81. The fourth-order valence-corrected chi connectivity index (χ4v) is 3.29. The molecule has 0 spiro atoms. The first-order valence-corrected chi connectivity index (χ1v) is 8.38. The third kappa shape index (κ3) is 2.58. The Morgan fingerprint density at radius 1 is 0.833 bits per heavy atom. The molecule has 4 rings (SSSR count). The number of aromatic nitrogens is 4. The Morgan fingerprint density at radius 2 is 1.58 bits per heavy atom. The maximum absolute atomic E-state index is 4.69. The van der Waals surface area contributed by atoms with Crippen molar-refractivity contribution in [3.05, 3.63) is 47.3 Å². The van der Waals surface area contributed by atoms with Gasteiger partial charge in [-0.2, -0.15) is 4.52 Å². The Labute approximate surface area is 141 Å². The number of hydrogen-bond donors (Lipinski definition) is 0. The van der Waals surface area contributed by atoms with E-state index in [2.05, 4.69) is 57.1 Å². The third-order valence-corrected chi connectivity index (χ3v) is 4.71. The van der Waals surface area contributed by atoms with Crippen LogP contribution in [0.25, 0.3) is 5.65 Å². The average molecular weight is 322 g/mol. The highest BCUT2D eigenvalue weighted by Crippen LogP contribution is 2.24. The van der Waals surface area contributed by atoms with Crippen LogP contribution in [0, 0.1) is 20.8 Å². The van der Waals surface area contributed by atoms with E-state index < -0.39 is 0 Å². The van der Waals surface area contributed by atoms with Crippen LogP contribution in [0.3, 0.4) is 0 Å². The number of anilines is 2. The van der Waals surface area contributed by atoms with Gasteiger partial charge in [0.05, 0.1) is 0 Å². The Balaban J connectivity index is 1.52. The van der Waals surface area contributed by atoms with Crippen molar-refractivity contribution in [3.8, 4) is 0 Å². The van der Waals surface area contributed by atoms with Crippen molar-refractivity contribution in [3.63, 3.8) is 0 Å². The van der Waals surface area contributed by atoms with Crippen molar-refractivity contribution in [2.45, 2.75) is 20.8 Å². The highest BCUT2D eigenvalue weighted by molar-refractivity contribution is 5.56. The molecule has 124 valence electrons. The highest BCUT2D eigenvalue weighted by atomic mass is 15.4. The number of hydrogen-bond acceptors (Lipinski definition) is 5. The fourth-order valence-electron chi connectivity index (χ4n) is 3.29. The zero-order valence-corrected chi connectivity index (χ0v) is 14.4. The van der Waals surface area contributed by atoms with E-state index in [-0.39, 0.29) is 0 Å². The molecule has 0 radical (unpaired) electrons. The molecule has 24 heavy (non-hydrogen) atoms. The SMILES string of the molecule is Cc1ccc(C)c(N2CCN(c3ccc4nnc(C)n4n3)CC2)c1. The Kier molecular flexibility index (Phi) is 3.59. The predicted molar refractivity (Wildman–Crippen MR) is 95.9 cm³/mol. The van der Waals surface area contributed by atoms with Gasteiger partial charge in [-0.05, 0) is 50.1 Å². The fraction of sp³-hybridized carbons (Fsp3) is 0.389. The Hall–Kier alpha value is -2.63. The van der Waals surface area contributed by atoms with Crippen LogP contribution < -0.4 is 9.80 Å². The number of aryl methyl sites for hydroxylation is 3. The lowest BCUT2D eigenvalue weighted by Gasteiger charge is -2.37. The molecule has 1 fully saturated rings. The molecule has 6 heteroatoms. The van der Waals surface area contributed by atoms with Gasteiger partial charge in [-0.1, -0.05) is 12.1 Å². The van der Waals surface area contributed by atoms with Crippen molar-refractivity contribution >= 4 is 17.2 Å². The number of nitrogens with zero attached hydrogens (tertiary/aromatic N) is 6. The van der Waals surface area contributed by atoms with E-state index in [1.165, 1.54) is 16.8 Å². The molecule has 0 unspecified atom stereocenters. The summed E-state index contributed by atoms with van der Waals surface area (Å²) < 4.78 is 1.81. The second kappa shape index (κ2) is 5.78. The Morgan fingerprint density at radius 3 is 2.38 bits per heavy atom. The molecule has 6 nitrogen and oxygen atoms in total. The summed E-state index contributed by atoms with van der Waals surface area (Å²) in [7, 11) is 0. The topological polar surface area (TPSA) is 49.6 Å². The van der Waals surface area contributed by atoms with Gasteiger partial charge in [-0.3, -0.25) is 0 Å². The zero-order valence-electron chi connectivity index (χ0n) is 14.4. The lowest BCUT2D eigenvalue weighted by Crippen LogP contribution is -2.47. The summed E-state index contributed by atoms with van der Waals surface area (Å²) in [5.41, 5.74) is 4.81. The smallest absolute Gasteiger partial charge is 0.178 e. The van der Waals surface area contributed by atoms with Crippen LogP contribution in [0.15, 0.2) is 30.3 Å². The van der Waals surface area contributed by atoms with Crippen molar-refractivity contribution in [2.24, 2.45) is 0 Å². The second-order valence-corrected chi connectivity index (χ2v) is 6.47. The van der Waals surface area contributed by atoms with E-state index >= 15 is 0 Å². The molecule has 0 N–H and O–H groups in total. The zero-order chi connectivity index (χ0) is 16.7. The van der Waals surface area contributed by atoms with Crippen molar-refractivity contribution in [1.82, 2.24) is 19.8 Å². The molecular weight excluding hydrogens is 300 g/mol. The van der Waals surface area contributed by atoms with Crippen molar-refractivity contribution in [1.29, 1.82) is 0 Å². The van der Waals surface area contributed by atoms with E-state index in [0.717, 1.165) is 43.5 Å². The van der Waals surface area contributed by atoms with E-state index in [4.69, 9.17) is 0 Å². The third-order valence-electron chi connectivity index (χ3n) is 4.71.